The summed E-state index contributed by atoms with van der Waals surface area (Å²) in [7, 11) is 0. The number of aliphatic hydroxyl groups is 2. The molecule has 0 amide bonds. The second-order valence-corrected chi connectivity index (χ2v) is 2.63. The summed E-state index contributed by atoms with van der Waals surface area (Å²) >= 11 is 0. The minimum absolute atomic E-state index is 0.249. The van der Waals surface area contributed by atoms with Crippen LogP contribution in [0.25, 0.3) is 0 Å². The average Bonchev–Trinajstić information content (AvgIpc) is 2.66. The topological polar surface area (TPSA) is 53.0 Å². The zero-order chi connectivity index (χ0) is 7.78. The van der Waals surface area contributed by atoms with E-state index in [2.05, 4.69) is 0 Å². The number of ether oxygens (including phenoxy) is 1. The smallest absolute Gasteiger partial charge is 0.143 e. The zero-order valence-electron chi connectivity index (χ0n) is 5.75. The van der Waals surface area contributed by atoms with Crippen LogP contribution in [0.15, 0.2) is 0 Å². The lowest BCUT2D eigenvalue weighted by molar-refractivity contribution is -0.00792. The molecule has 3 atom stereocenters. The van der Waals surface area contributed by atoms with E-state index < -0.39 is 17.9 Å². The van der Waals surface area contributed by atoms with Crippen LogP contribution in [0.4, 0.5) is 4.39 Å². The third-order valence-corrected chi connectivity index (χ3v) is 1.76. The predicted molar refractivity (Wildman–Crippen MR) is 32.3 cm³/mol. The molecule has 1 heterocycles. The molecule has 0 radical (unpaired) electrons. The first-order chi connectivity index (χ1) is 4.62. The molecule has 1 rings (SSSR count). The maximum absolute atomic E-state index is 12.4. The van der Waals surface area contributed by atoms with Gasteiger partial charge in [-0.15, -0.1) is 0 Å². The molecule has 0 aromatic carbocycles. The fourth-order valence-electron chi connectivity index (χ4n) is 0.867. The summed E-state index contributed by atoms with van der Waals surface area (Å²) in [6, 6.07) is 0. The summed E-state index contributed by atoms with van der Waals surface area (Å²) in [6.45, 7) is 1.17. The highest BCUT2D eigenvalue weighted by Crippen LogP contribution is 2.32. The van der Waals surface area contributed by atoms with Crippen molar-refractivity contribution < 1.29 is 19.3 Å². The van der Waals surface area contributed by atoms with Gasteiger partial charge in [0.25, 0.3) is 0 Å². The van der Waals surface area contributed by atoms with Crippen molar-refractivity contribution in [1.29, 1.82) is 0 Å². The number of halogens is 1. The van der Waals surface area contributed by atoms with Crippen molar-refractivity contribution in [1.82, 2.24) is 0 Å². The molecule has 0 bridgehead atoms. The van der Waals surface area contributed by atoms with Crippen LogP contribution in [0, 0.1) is 0 Å². The first kappa shape index (κ1) is 7.91. The molecule has 1 saturated heterocycles. The van der Waals surface area contributed by atoms with Gasteiger partial charge in [0.05, 0.1) is 13.2 Å². The van der Waals surface area contributed by atoms with Gasteiger partial charge in [-0.1, -0.05) is 0 Å². The van der Waals surface area contributed by atoms with E-state index in [0.717, 1.165) is 0 Å². The van der Waals surface area contributed by atoms with Crippen molar-refractivity contribution in [3.63, 3.8) is 0 Å². The Morgan fingerprint density at radius 3 is 2.40 bits per heavy atom. The van der Waals surface area contributed by atoms with Crippen LogP contribution in [0.1, 0.15) is 6.92 Å². The molecule has 0 saturated carbocycles. The number of epoxide rings is 1. The van der Waals surface area contributed by atoms with Gasteiger partial charge in [0.2, 0.25) is 0 Å². The molecule has 2 N–H and O–H groups in total. The second-order valence-electron chi connectivity index (χ2n) is 2.63. The maximum Gasteiger partial charge on any atom is 0.143 e. The van der Waals surface area contributed by atoms with Crippen molar-refractivity contribution in [2.24, 2.45) is 0 Å². The van der Waals surface area contributed by atoms with E-state index >= 15 is 0 Å². The highest BCUT2D eigenvalue weighted by Gasteiger charge is 2.53. The van der Waals surface area contributed by atoms with Gasteiger partial charge in [-0.05, 0) is 6.92 Å². The van der Waals surface area contributed by atoms with Gasteiger partial charge in [0, 0.05) is 0 Å². The normalized spacial score (nSPS) is 37.2. The second kappa shape index (κ2) is 2.45. The standard InChI is InChI=1S/C6H11FO3/c1-4(7)5(9)6(2-8)3-10-6/h4-5,8-9H,2-3H2,1H3. The summed E-state index contributed by atoms with van der Waals surface area (Å²) < 4.78 is 17.1. The minimum atomic E-state index is -1.35. The van der Waals surface area contributed by atoms with Gasteiger partial charge in [0.15, 0.2) is 0 Å². The summed E-state index contributed by atoms with van der Waals surface area (Å²) in [5.74, 6) is 0. The number of alkyl halides is 1. The molecule has 3 nitrogen and oxygen atoms in total. The molecule has 0 spiro atoms. The SMILES string of the molecule is CC(F)C(O)C1(CO)CO1. The summed E-state index contributed by atoms with van der Waals surface area (Å²) in [6.07, 6.45) is -2.55. The van der Waals surface area contributed by atoms with Gasteiger partial charge in [-0.25, -0.2) is 4.39 Å². The fraction of sp³-hybridized carbons (Fsp3) is 1.00. The first-order valence-corrected chi connectivity index (χ1v) is 3.19. The van der Waals surface area contributed by atoms with Gasteiger partial charge >= 0.3 is 0 Å². The molecule has 3 unspecified atom stereocenters. The van der Waals surface area contributed by atoms with Crippen LogP contribution in [0.5, 0.6) is 0 Å². The number of hydrogen-bond acceptors (Lipinski definition) is 3. The third kappa shape index (κ3) is 1.14. The maximum atomic E-state index is 12.4. The van der Waals surface area contributed by atoms with Crippen LogP contribution >= 0.6 is 0 Å². The molecule has 60 valence electrons. The van der Waals surface area contributed by atoms with E-state index in [1.54, 1.807) is 0 Å². The number of rotatable bonds is 3. The van der Waals surface area contributed by atoms with Gasteiger partial charge in [0.1, 0.15) is 17.9 Å². The van der Waals surface area contributed by atoms with Gasteiger partial charge < -0.3 is 14.9 Å². The summed E-state index contributed by atoms with van der Waals surface area (Å²) in [5, 5.41) is 17.7. The van der Waals surface area contributed by atoms with Crippen molar-refractivity contribution in [3.8, 4) is 0 Å². The molecule has 0 aromatic rings. The summed E-state index contributed by atoms with van der Waals surface area (Å²) in [5.41, 5.74) is -0.992. The van der Waals surface area contributed by atoms with E-state index in [4.69, 9.17) is 14.9 Å². The number of aliphatic hydroxyl groups excluding tert-OH is 2. The Hall–Kier alpha value is -0.190. The molecule has 1 aliphatic rings. The molecule has 1 fully saturated rings. The molecule has 0 aromatic heterocycles. The van der Waals surface area contributed by atoms with Gasteiger partial charge in [-0.3, -0.25) is 0 Å². The lowest BCUT2D eigenvalue weighted by atomic mass is 10.0. The zero-order valence-corrected chi connectivity index (χ0v) is 5.75. The highest BCUT2D eigenvalue weighted by molar-refractivity contribution is 5.00. The van der Waals surface area contributed by atoms with Crippen molar-refractivity contribution in [2.45, 2.75) is 24.8 Å². The predicted octanol–water partition coefficient (Wildman–Crippen LogP) is -0.533. The Bertz CT molecular complexity index is 122. The molecule has 0 aliphatic carbocycles. The lowest BCUT2D eigenvalue weighted by Crippen LogP contribution is -2.39. The van der Waals surface area contributed by atoms with Crippen molar-refractivity contribution in [2.75, 3.05) is 13.2 Å². The molecule has 1 aliphatic heterocycles. The van der Waals surface area contributed by atoms with E-state index in [9.17, 15) is 4.39 Å². The Labute approximate surface area is 58.4 Å². The Morgan fingerprint density at radius 1 is 1.80 bits per heavy atom. The van der Waals surface area contributed by atoms with E-state index in [1.807, 2.05) is 0 Å². The number of hydrogen-bond donors (Lipinski definition) is 2. The first-order valence-electron chi connectivity index (χ1n) is 3.19. The largest absolute Gasteiger partial charge is 0.393 e. The Balaban J connectivity index is 2.47. The van der Waals surface area contributed by atoms with Gasteiger partial charge in [-0.2, -0.15) is 0 Å². The van der Waals surface area contributed by atoms with E-state index in [-0.39, 0.29) is 13.2 Å². The van der Waals surface area contributed by atoms with E-state index in [0.29, 0.717) is 0 Å². The quantitative estimate of drug-likeness (QED) is 0.531. The fourth-order valence-corrected chi connectivity index (χ4v) is 0.867. The molecule has 10 heavy (non-hydrogen) atoms. The molecular weight excluding hydrogens is 139 g/mol. The Morgan fingerprint density at radius 2 is 2.30 bits per heavy atom. The molecular formula is C6H11FO3. The lowest BCUT2D eigenvalue weighted by Gasteiger charge is -2.17. The van der Waals surface area contributed by atoms with Crippen LogP contribution in [0.2, 0.25) is 0 Å². The van der Waals surface area contributed by atoms with Crippen molar-refractivity contribution in [3.05, 3.63) is 0 Å². The highest BCUT2D eigenvalue weighted by atomic mass is 19.1. The van der Waals surface area contributed by atoms with Crippen LogP contribution < -0.4 is 0 Å². The van der Waals surface area contributed by atoms with Crippen LogP contribution in [0.3, 0.4) is 0 Å². The van der Waals surface area contributed by atoms with Crippen molar-refractivity contribution >= 4 is 0 Å². The minimum Gasteiger partial charge on any atom is -0.393 e. The van der Waals surface area contributed by atoms with Crippen LogP contribution in [-0.2, 0) is 4.74 Å². The Kier molecular flexibility index (Phi) is 1.94. The monoisotopic (exact) mass is 150 g/mol. The third-order valence-electron chi connectivity index (χ3n) is 1.76. The molecule has 4 heteroatoms. The average molecular weight is 150 g/mol. The van der Waals surface area contributed by atoms with Crippen LogP contribution in [-0.4, -0.2) is 41.3 Å². The van der Waals surface area contributed by atoms with E-state index in [1.165, 1.54) is 6.92 Å². The summed E-state index contributed by atoms with van der Waals surface area (Å²) in [4.78, 5) is 0.